The summed E-state index contributed by atoms with van der Waals surface area (Å²) in [5, 5.41) is 11.3. The molecule has 1 rings (SSSR count). The Bertz CT molecular complexity index is 229. The molecule has 0 aliphatic heterocycles. The van der Waals surface area contributed by atoms with Crippen LogP contribution in [-0.2, 0) is 4.79 Å². The van der Waals surface area contributed by atoms with Gasteiger partial charge < -0.3 is 10.4 Å². The third-order valence-electron chi connectivity index (χ3n) is 3.25. The number of hydrogen-bond acceptors (Lipinski definition) is 2. The Morgan fingerprint density at radius 3 is 2.24 bits per heavy atom. The molecule has 0 bridgehead atoms. The Hall–Kier alpha value is -0.710. The molecule has 2 N–H and O–H groups in total. The maximum Gasteiger partial charge on any atom is 0.265 e. The van der Waals surface area contributed by atoms with E-state index in [0.29, 0.717) is 0 Å². The van der Waals surface area contributed by atoms with Gasteiger partial charge in [-0.25, -0.2) is 8.78 Å². The highest BCUT2D eigenvalue weighted by molar-refractivity contribution is 5.78. The van der Waals surface area contributed by atoms with E-state index in [2.05, 4.69) is 5.32 Å². The first-order valence-corrected chi connectivity index (χ1v) is 6.35. The third-order valence-corrected chi connectivity index (χ3v) is 3.25. The lowest BCUT2D eigenvalue weighted by molar-refractivity contribution is -0.126. The second-order valence-electron chi connectivity index (χ2n) is 4.69. The van der Waals surface area contributed by atoms with Crippen molar-refractivity contribution in [3.8, 4) is 0 Å². The second kappa shape index (κ2) is 7.58. The van der Waals surface area contributed by atoms with E-state index in [0.717, 1.165) is 38.5 Å². The summed E-state index contributed by atoms with van der Waals surface area (Å²) in [4.78, 5) is 11.7. The van der Waals surface area contributed by atoms with E-state index in [1.165, 1.54) is 6.42 Å². The minimum absolute atomic E-state index is 0.0693. The molecule has 0 radical (unpaired) electrons. The first-order chi connectivity index (χ1) is 8.11. The molecule has 0 aromatic rings. The molecule has 3 nitrogen and oxygen atoms in total. The summed E-state index contributed by atoms with van der Waals surface area (Å²) in [7, 11) is 0. The van der Waals surface area contributed by atoms with Gasteiger partial charge in [-0.05, 0) is 12.8 Å². The molecular formula is C12H21F2NO2. The summed E-state index contributed by atoms with van der Waals surface area (Å²) in [6.07, 6.45) is 2.66. The number of halogens is 2. The van der Waals surface area contributed by atoms with E-state index in [4.69, 9.17) is 5.11 Å². The summed E-state index contributed by atoms with van der Waals surface area (Å²) in [6.45, 7) is -0.354. The average Bonchev–Trinajstić information content (AvgIpc) is 2.24. The predicted molar refractivity (Wildman–Crippen MR) is 60.8 cm³/mol. The quantitative estimate of drug-likeness (QED) is 0.801. The summed E-state index contributed by atoms with van der Waals surface area (Å²) < 4.78 is 24.1. The third kappa shape index (κ3) is 5.44. The molecule has 1 aliphatic carbocycles. The zero-order valence-electron chi connectivity index (χ0n) is 10.0. The first-order valence-electron chi connectivity index (χ1n) is 6.35. The van der Waals surface area contributed by atoms with Crippen molar-refractivity contribution in [2.45, 2.75) is 57.5 Å². The summed E-state index contributed by atoms with van der Waals surface area (Å²) >= 11 is 0. The highest BCUT2D eigenvalue weighted by Crippen LogP contribution is 2.22. The Morgan fingerprint density at radius 1 is 1.18 bits per heavy atom. The van der Waals surface area contributed by atoms with Crippen LogP contribution >= 0.6 is 0 Å². The second-order valence-corrected chi connectivity index (χ2v) is 4.69. The van der Waals surface area contributed by atoms with Gasteiger partial charge in [0.15, 0.2) is 0 Å². The van der Waals surface area contributed by atoms with Crippen molar-refractivity contribution in [1.82, 2.24) is 5.32 Å². The minimum atomic E-state index is -2.80. The summed E-state index contributed by atoms with van der Waals surface area (Å²) in [6, 6.07) is 0. The van der Waals surface area contributed by atoms with E-state index >= 15 is 0 Å². The Kier molecular flexibility index (Phi) is 6.40. The van der Waals surface area contributed by atoms with Crippen molar-refractivity contribution < 1.29 is 18.7 Å². The number of nitrogens with one attached hydrogen (secondary N) is 1. The van der Waals surface area contributed by atoms with Crippen molar-refractivity contribution in [2.24, 2.45) is 5.92 Å². The molecule has 1 aliphatic rings. The van der Waals surface area contributed by atoms with Crippen LogP contribution in [0.4, 0.5) is 8.78 Å². The van der Waals surface area contributed by atoms with Crippen molar-refractivity contribution in [2.75, 3.05) is 6.54 Å². The van der Waals surface area contributed by atoms with Gasteiger partial charge in [-0.3, -0.25) is 4.79 Å². The van der Waals surface area contributed by atoms with Crippen LogP contribution in [0.15, 0.2) is 0 Å². The van der Waals surface area contributed by atoms with Gasteiger partial charge >= 0.3 is 0 Å². The molecule has 0 spiro atoms. The van der Waals surface area contributed by atoms with Crippen LogP contribution in [-0.4, -0.2) is 30.1 Å². The zero-order chi connectivity index (χ0) is 12.7. The van der Waals surface area contributed by atoms with Crippen LogP contribution in [0, 0.1) is 5.92 Å². The number of carbonyl (C=O) groups is 1. The van der Waals surface area contributed by atoms with Crippen LogP contribution in [0.25, 0.3) is 0 Å². The van der Waals surface area contributed by atoms with Crippen LogP contribution in [0.2, 0.25) is 0 Å². The fraction of sp³-hybridized carbons (Fsp3) is 0.917. The van der Waals surface area contributed by atoms with Gasteiger partial charge in [0, 0.05) is 12.5 Å². The highest BCUT2D eigenvalue weighted by Gasteiger charge is 2.22. The molecular weight excluding hydrogens is 228 g/mol. The number of carbonyl (C=O) groups excluding carboxylic acids is 1. The SMILES string of the molecule is O=C(NCC(O)C(F)F)C1CCCCCCC1. The van der Waals surface area contributed by atoms with E-state index in [1.54, 1.807) is 0 Å². The molecule has 1 unspecified atom stereocenters. The fourth-order valence-corrected chi connectivity index (χ4v) is 2.16. The summed E-state index contributed by atoms with van der Waals surface area (Å²) in [5.41, 5.74) is 0. The standard InChI is InChI=1S/C12H21F2NO2/c13-11(14)10(16)8-15-12(17)9-6-4-2-1-3-5-7-9/h9-11,16H,1-8H2,(H,15,17). The van der Waals surface area contributed by atoms with Crippen molar-refractivity contribution in [3.63, 3.8) is 0 Å². The molecule has 0 heterocycles. The lowest BCUT2D eigenvalue weighted by Gasteiger charge is -2.20. The monoisotopic (exact) mass is 249 g/mol. The number of aliphatic hydroxyl groups excluding tert-OH is 1. The van der Waals surface area contributed by atoms with Gasteiger partial charge in [-0.2, -0.15) is 0 Å². The molecule has 1 atom stereocenters. The van der Waals surface area contributed by atoms with Crippen LogP contribution in [0.3, 0.4) is 0 Å². The molecule has 17 heavy (non-hydrogen) atoms. The van der Waals surface area contributed by atoms with Crippen LogP contribution < -0.4 is 5.32 Å². The van der Waals surface area contributed by atoms with Crippen LogP contribution in [0.5, 0.6) is 0 Å². The number of amides is 1. The normalized spacial score (nSPS) is 20.7. The van der Waals surface area contributed by atoms with Gasteiger partial charge in [0.2, 0.25) is 5.91 Å². The molecule has 100 valence electrons. The molecule has 1 saturated carbocycles. The minimum Gasteiger partial charge on any atom is -0.385 e. The lowest BCUT2D eigenvalue weighted by atomic mass is 9.90. The van der Waals surface area contributed by atoms with Gasteiger partial charge in [-0.1, -0.05) is 32.1 Å². The molecule has 0 aromatic carbocycles. The van der Waals surface area contributed by atoms with E-state index in [9.17, 15) is 13.6 Å². The number of hydrogen-bond donors (Lipinski definition) is 2. The number of aliphatic hydroxyl groups is 1. The van der Waals surface area contributed by atoms with Crippen LogP contribution in [0.1, 0.15) is 44.9 Å². The summed E-state index contributed by atoms with van der Waals surface area (Å²) in [5.74, 6) is -0.258. The highest BCUT2D eigenvalue weighted by atomic mass is 19.3. The molecule has 0 saturated heterocycles. The van der Waals surface area contributed by atoms with E-state index in [1.807, 2.05) is 0 Å². The lowest BCUT2D eigenvalue weighted by Crippen LogP contribution is -2.39. The maximum absolute atomic E-state index is 12.0. The molecule has 1 amide bonds. The smallest absolute Gasteiger partial charge is 0.265 e. The van der Waals surface area contributed by atoms with Crippen molar-refractivity contribution in [3.05, 3.63) is 0 Å². The molecule has 1 fully saturated rings. The predicted octanol–water partition coefficient (Wildman–Crippen LogP) is 2.09. The number of alkyl halides is 2. The van der Waals surface area contributed by atoms with Gasteiger partial charge in [0.25, 0.3) is 6.43 Å². The average molecular weight is 249 g/mol. The maximum atomic E-state index is 12.0. The Morgan fingerprint density at radius 2 is 1.71 bits per heavy atom. The van der Waals surface area contributed by atoms with Crippen molar-refractivity contribution in [1.29, 1.82) is 0 Å². The van der Waals surface area contributed by atoms with E-state index in [-0.39, 0.29) is 18.4 Å². The van der Waals surface area contributed by atoms with Crippen molar-refractivity contribution >= 4 is 5.91 Å². The van der Waals surface area contributed by atoms with Gasteiger partial charge in [0.05, 0.1) is 0 Å². The molecule has 0 aromatic heterocycles. The largest absolute Gasteiger partial charge is 0.385 e. The van der Waals surface area contributed by atoms with E-state index < -0.39 is 12.5 Å². The number of rotatable bonds is 4. The Labute approximate surface area is 101 Å². The molecule has 5 heteroatoms. The first kappa shape index (κ1) is 14.4. The fourth-order valence-electron chi connectivity index (χ4n) is 2.16. The zero-order valence-corrected chi connectivity index (χ0v) is 10.0. The topological polar surface area (TPSA) is 49.3 Å². The van der Waals surface area contributed by atoms with Gasteiger partial charge in [-0.15, -0.1) is 0 Å². The van der Waals surface area contributed by atoms with Gasteiger partial charge in [0.1, 0.15) is 6.10 Å². The Balaban J connectivity index is 2.29.